The van der Waals surface area contributed by atoms with Crippen molar-refractivity contribution in [3.8, 4) is 17.1 Å². The maximum atomic E-state index is 13.9. The lowest BCUT2D eigenvalue weighted by atomic mass is 10.1. The van der Waals surface area contributed by atoms with Crippen LogP contribution in [0.25, 0.3) is 17.1 Å². The number of halogens is 4. The first-order chi connectivity index (χ1) is 17.6. The minimum atomic E-state index is -4.66. The van der Waals surface area contributed by atoms with Crippen LogP contribution in [-0.4, -0.2) is 60.0 Å². The molecule has 0 spiro atoms. The minimum absolute atomic E-state index is 0.00282. The van der Waals surface area contributed by atoms with Crippen LogP contribution in [0.3, 0.4) is 0 Å². The van der Waals surface area contributed by atoms with Gasteiger partial charge in [-0.2, -0.15) is 13.2 Å². The van der Waals surface area contributed by atoms with Crippen LogP contribution >= 0.6 is 11.6 Å². The van der Waals surface area contributed by atoms with Crippen LogP contribution in [0.2, 0.25) is 5.02 Å². The van der Waals surface area contributed by atoms with Crippen LogP contribution in [0, 0.1) is 0 Å². The number of nitrogens with zero attached hydrogens (tertiary/aromatic N) is 5. The Kier molecular flexibility index (Phi) is 8.52. The van der Waals surface area contributed by atoms with Crippen molar-refractivity contribution in [1.82, 2.24) is 29.1 Å². The zero-order valence-corrected chi connectivity index (χ0v) is 22.3. The molecule has 2 N–H and O–H groups in total. The molecule has 0 aliphatic carbocycles. The van der Waals surface area contributed by atoms with E-state index in [1.807, 2.05) is 30.3 Å². The molecule has 0 radical (unpaired) electrons. The van der Waals surface area contributed by atoms with Crippen molar-refractivity contribution in [2.24, 2.45) is 0 Å². The van der Waals surface area contributed by atoms with E-state index in [1.54, 1.807) is 16.9 Å². The summed E-state index contributed by atoms with van der Waals surface area (Å²) in [6.45, 7) is 5.98. The summed E-state index contributed by atoms with van der Waals surface area (Å²) in [5, 5.41) is 6.93. The molecule has 1 aromatic carbocycles. The van der Waals surface area contributed by atoms with Crippen molar-refractivity contribution in [3.05, 3.63) is 53.1 Å². The monoisotopic (exact) mass is 555 g/mol. The van der Waals surface area contributed by atoms with Crippen molar-refractivity contribution in [2.45, 2.75) is 44.9 Å². The Balaban J connectivity index is 1.64. The number of nitrogens with one attached hydrogen (secondary N) is 2. The highest BCUT2D eigenvalue weighted by Crippen LogP contribution is 2.36. The fourth-order valence-corrected chi connectivity index (χ4v) is 5.47. The van der Waals surface area contributed by atoms with E-state index in [4.69, 9.17) is 11.6 Å². The fraction of sp³-hybridized carbons (Fsp3) is 0.458. The van der Waals surface area contributed by atoms with Gasteiger partial charge < -0.3 is 15.2 Å². The maximum absolute atomic E-state index is 13.9. The number of hydrogen-bond donors (Lipinski definition) is 2. The van der Waals surface area contributed by atoms with Gasteiger partial charge in [0.15, 0.2) is 0 Å². The van der Waals surface area contributed by atoms with Crippen LogP contribution < -0.4 is 10.6 Å². The van der Waals surface area contributed by atoms with Crippen molar-refractivity contribution in [1.29, 1.82) is 0 Å². The lowest BCUT2D eigenvalue weighted by molar-refractivity contribution is -0.137. The SMILES string of the molecule is CCNC(C)c1cccc(-n2cnc(-c3nc(NC4CCN(S(C)=O)CC4)ncc3C(F)(F)F)c2)c1Cl. The first-order valence-corrected chi connectivity index (χ1v) is 13.8. The normalized spacial score (nSPS) is 17.1. The first kappa shape index (κ1) is 27.5. The van der Waals surface area contributed by atoms with E-state index in [9.17, 15) is 17.4 Å². The van der Waals surface area contributed by atoms with Gasteiger partial charge in [0.2, 0.25) is 5.95 Å². The molecule has 1 aliphatic rings. The Morgan fingerprint density at radius 3 is 2.62 bits per heavy atom. The molecule has 2 unspecified atom stereocenters. The van der Waals surface area contributed by atoms with E-state index in [0.29, 0.717) is 36.6 Å². The van der Waals surface area contributed by atoms with Gasteiger partial charge in [0.25, 0.3) is 0 Å². The summed E-state index contributed by atoms with van der Waals surface area (Å²) < 4.78 is 56.7. The molecule has 0 saturated carbocycles. The van der Waals surface area contributed by atoms with Gasteiger partial charge in [0.05, 0.1) is 21.7 Å². The molecule has 0 bridgehead atoms. The number of piperidine rings is 1. The maximum Gasteiger partial charge on any atom is 0.420 e. The van der Waals surface area contributed by atoms with E-state index < -0.39 is 22.7 Å². The van der Waals surface area contributed by atoms with E-state index in [-0.39, 0.29) is 29.4 Å². The van der Waals surface area contributed by atoms with E-state index in [1.165, 1.54) is 12.5 Å². The largest absolute Gasteiger partial charge is 0.420 e. The predicted molar refractivity (Wildman–Crippen MR) is 139 cm³/mol. The van der Waals surface area contributed by atoms with Crippen LogP contribution in [0.4, 0.5) is 19.1 Å². The molecule has 1 aliphatic heterocycles. The number of benzene rings is 1. The average Bonchev–Trinajstić information content (AvgIpc) is 3.34. The molecule has 2 atom stereocenters. The van der Waals surface area contributed by atoms with Crippen LogP contribution in [0.5, 0.6) is 0 Å². The van der Waals surface area contributed by atoms with Crippen LogP contribution in [0.1, 0.15) is 43.9 Å². The van der Waals surface area contributed by atoms with E-state index >= 15 is 0 Å². The highest BCUT2D eigenvalue weighted by molar-refractivity contribution is 7.81. The third kappa shape index (κ3) is 6.31. The Bertz CT molecular complexity index is 1260. The van der Waals surface area contributed by atoms with E-state index in [2.05, 4.69) is 25.6 Å². The molecule has 8 nitrogen and oxygen atoms in total. The highest BCUT2D eigenvalue weighted by atomic mass is 35.5. The lowest BCUT2D eigenvalue weighted by Crippen LogP contribution is -2.39. The topological polar surface area (TPSA) is 88.0 Å². The second kappa shape index (κ2) is 11.5. The van der Waals surface area contributed by atoms with Gasteiger partial charge in [-0.1, -0.05) is 30.7 Å². The number of anilines is 1. The van der Waals surface area contributed by atoms with Gasteiger partial charge in [-0.05, 0) is 37.9 Å². The highest BCUT2D eigenvalue weighted by Gasteiger charge is 2.36. The molecular weight excluding hydrogens is 527 g/mol. The number of imidazole rings is 1. The van der Waals surface area contributed by atoms with Gasteiger partial charge in [-0.15, -0.1) is 0 Å². The van der Waals surface area contributed by atoms with Crippen LogP contribution in [0.15, 0.2) is 36.9 Å². The number of rotatable bonds is 8. The summed E-state index contributed by atoms with van der Waals surface area (Å²) in [4.78, 5) is 12.4. The molecule has 0 amide bonds. The number of hydrogen-bond acceptors (Lipinski definition) is 6. The Morgan fingerprint density at radius 2 is 1.97 bits per heavy atom. The Labute approximate surface area is 221 Å². The summed E-state index contributed by atoms with van der Waals surface area (Å²) in [7, 11) is -1.05. The zero-order valence-electron chi connectivity index (χ0n) is 20.7. The van der Waals surface area contributed by atoms with Gasteiger partial charge in [-0.3, -0.25) is 0 Å². The molecular formula is C24H29ClF3N7OS. The van der Waals surface area contributed by atoms with Crippen molar-refractivity contribution >= 4 is 28.5 Å². The van der Waals surface area contributed by atoms with Gasteiger partial charge in [0.1, 0.15) is 23.3 Å². The van der Waals surface area contributed by atoms with Gasteiger partial charge in [0, 0.05) is 43.8 Å². The molecule has 200 valence electrons. The molecule has 1 saturated heterocycles. The number of aromatic nitrogens is 4. The summed E-state index contributed by atoms with van der Waals surface area (Å²) >= 11 is 6.67. The van der Waals surface area contributed by atoms with E-state index in [0.717, 1.165) is 18.3 Å². The molecule has 37 heavy (non-hydrogen) atoms. The lowest BCUT2D eigenvalue weighted by Gasteiger charge is -2.30. The summed E-state index contributed by atoms with van der Waals surface area (Å²) in [5.41, 5.74) is 0.238. The second-order valence-corrected chi connectivity index (χ2v) is 10.6. The van der Waals surface area contributed by atoms with Crippen molar-refractivity contribution in [2.75, 3.05) is 31.2 Å². The molecule has 3 heterocycles. The second-order valence-electron chi connectivity index (χ2n) is 8.85. The number of alkyl halides is 3. The molecule has 2 aromatic heterocycles. The average molecular weight is 556 g/mol. The Morgan fingerprint density at radius 1 is 1.24 bits per heavy atom. The first-order valence-electron chi connectivity index (χ1n) is 11.9. The standard InChI is InChI=1S/C24H29ClF3N7OS/c1-4-29-15(2)17-6-5-7-20(21(17)25)34-13-19(31-14-34)22-18(24(26,27)28)12-30-23(33-22)32-16-8-10-35(11-9-16)37(3)36/h5-7,12-16,29H,4,8-11H2,1-3H3,(H,30,32,33). The van der Waals surface area contributed by atoms with Crippen LogP contribution in [-0.2, 0) is 17.2 Å². The molecule has 4 rings (SSSR count). The molecule has 3 aromatic rings. The van der Waals surface area contributed by atoms with Crippen molar-refractivity contribution in [3.63, 3.8) is 0 Å². The third-order valence-corrected chi connectivity index (χ3v) is 7.84. The minimum Gasteiger partial charge on any atom is -0.351 e. The molecule has 1 fully saturated rings. The Hall–Kier alpha value is -2.54. The zero-order chi connectivity index (χ0) is 26.7. The van der Waals surface area contributed by atoms with Crippen molar-refractivity contribution < 1.29 is 17.4 Å². The fourth-order valence-electron chi connectivity index (χ4n) is 4.36. The quantitative estimate of drug-likeness (QED) is 0.413. The summed E-state index contributed by atoms with van der Waals surface area (Å²) in [6, 6.07) is 5.49. The molecule has 13 heteroatoms. The van der Waals surface area contributed by atoms with Gasteiger partial charge in [-0.25, -0.2) is 23.5 Å². The summed E-state index contributed by atoms with van der Waals surface area (Å²) in [5.74, 6) is 0.0908. The predicted octanol–water partition coefficient (Wildman–Crippen LogP) is 4.84. The smallest absolute Gasteiger partial charge is 0.351 e. The third-order valence-electron chi connectivity index (χ3n) is 6.33. The summed E-state index contributed by atoms with van der Waals surface area (Å²) in [6.07, 6.45) is 2.01. The van der Waals surface area contributed by atoms with Gasteiger partial charge >= 0.3 is 6.18 Å².